The predicted molar refractivity (Wildman–Crippen MR) is 84.8 cm³/mol. The Morgan fingerprint density at radius 1 is 1.29 bits per heavy atom. The van der Waals surface area contributed by atoms with Crippen LogP contribution in [0, 0.1) is 0 Å². The van der Waals surface area contributed by atoms with E-state index in [4.69, 9.17) is 4.74 Å². The van der Waals surface area contributed by atoms with Crippen LogP contribution in [-0.2, 0) is 15.1 Å². The Labute approximate surface area is 145 Å². The lowest BCUT2D eigenvalue weighted by molar-refractivity contribution is -0.134. The minimum absolute atomic E-state index is 0.0320. The molecule has 126 valence electrons. The fraction of sp³-hybridized carbons (Fsp3) is 0.250. The molecule has 1 N–H and O–H groups in total. The Bertz CT molecular complexity index is 742. The molecular weight excluding hydrogens is 386 g/mol. The van der Waals surface area contributed by atoms with E-state index in [1.54, 1.807) is 6.07 Å². The molecule has 1 amide bonds. The molecule has 1 fully saturated rings. The van der Waals surface area contributed by atoms with Crippen LogP contribution in [0.5, 0.6) is 5.88 Å². The molecule has 0 spiro atoms. The molecule has 1 aromatic heterocycles. The molecule has 0 radical (unpaired) electrons. The van der Waals surface area contributed by atoms with Crippen molar-refractivity contribution in [3.8, 4) is 5.88 Å². The third-order valence-corrected chi connectivity index (χ3v) is 4.15. The Hall–Kier alpha value is -2.06. The van der Waals surface area contributed by atoms with Gasteiger partial charge in [-0.05, 0) is 23.8 Å². The standard InChI is InChI=1S/C16H13BrF2N2O3/c17-12-3-1-2-10(6-12)16(9-23-8-13(22)21-16)11-4-5-14(20-7-11)24-15(18)19/h1-7,15H,8-9H2,(H,21,22). The molecule has 24 heavy (non-hydrogen) atoms. The molecular formula is C16H13BrF2N2O3. The van der Waals surface area contributed by atoms with Gasteiger partial charge in [0.05, 0.1) is 6.61 Å². The SMILES string of the molecule is O=C1COCC(c2ccc(OC(F)F)nc2)(c2cccc(Br)c2)N1. The Morgan fingerprint density at radius 2 is 2.12 bits per heavy atom. The van der Waals surface area contributed by atoms with Gasteiger partial charge in [-0.25, -0.2) is 4.98 Å². The van der Waals surface area contributed by atoms with Crippen LogP contribution in [0.15, 0.2) is 47.1 Å². The van der Waals surface area contributed by atoms with E-state index in [0.717, 1.165) is 10.0 Å². The third-order valence-electron chi connectivity index (χ3n) is 3.66. The second-order valence-corrected chi connectivity index (χ2v) is 6.14. The maximum absolute atomic E-state index is 12.3. The lowest BCUT2D eigenvalue weighted by Gasteiger charge is -2.38. The van der Waals surface area contributed by atoms with Crippen molar-refractivity contribution in [1.29, 1.82) is 0 Å². The van der Waals surface area contributed by atoms with Crippen molar-refractivity contribution in [1.82, 2.24) is 10.3 Å². The van der Waals surface area contributed by atoms with Crippen molar-refractivity contribution in [3.05, 3.63) is 58.2 Å². The third kappa shape index (κ3) is 3.39. The molecule has 1 aliphatic rings. The van der Waals surface area contributed by atoms with Gasteiger partial charge in [0.25, 0.3) is 0 Å². The second-order valence-electron chi connectivity index (χ2n) is 5.22. The summed E-state index contributed by atoms with van der Waals surface area (Å²) < 4.78 is 35.1. The minimum atomic E-state index is -2.94. The zero-order chi connectivity index (χ0) is 17.2. The Balaban J connectivity index is 2.03. The molecule has 3 rings (SSSR count). The van der Waals surface area contributed by atoms with Crippen molar-refractivity contribution < 1.29 is 23.0 Å². The van der Waals surface area contributed by atoms with E-state index in [0.29, 0.717) is 5.56 Å². The molecule has 1 unspecified atom stereocenters. The van der Waals surface area contributed by atoms with Crippen LogP contribution >= 0.6 is 15.9 Å². The van der Waals surface area contributed by atoms with E-state index >= 15 is 0 Å². The lowest BCUT2D eigenvalue weighted by atomic mass is 9.83. The fourth-order valence-corrected chi connectivity index (χ4v) is 3.03. The molecule has 1 aromatic carbocycles. The number of ether oxygens (including phenoxy) is 2. The Kier molecular flexibility index (Phi) is 4.77. The highest BCUT2D eigenvalue weighted by Gasteiger charge is 2.40. The number of benzene rings is 1. The maximum atomic E-state index is 12.3. The summed E-state index contributed by atoms with van der Waals surface area (Å²) in [6.45, 7) is -2.78. The maximum Gasteiger partial charge on any atom is 0.388 e. The van der Waals surface area contributed by atoms with Crippen molar-refractivity contribution in [2.24, 2.45) is 0 Å². The quantitative estimate of drug-likeness (QED) is 0.859. The summed E-state index contributed by atoms with van der Waals surface area (Å²) in [4.78, 5) is 15.8. The first kappa shape index (κ1) is 16.8. The van der Waals surface area contributed by atoms with Crippen molar-refractivity contribution >= 4 is 21.8 Å². The molecule has 1 aliphatic heterocycles. The monoisotopic (exact) mass is 398 g/mol. The predicted octanol–water partition coefficient (Wildman–Crippen LogP) is 2.84. The number of hydrogen-bond donors (Lipinski definition) is 1. The highest BCUT2D eigenvalue weighted by molar-refractivity contribution is 9.10. The summed E-state index contributed by atoms with van der Waals surface area (Å²) in [6, 6.07) is 10.3. The van der Waals surface area contributed by atoms with Crippen molar-refractivity contribution in [3.63, 3.8) is 0 Å². The zero-order valence-corrected chi connectivity index (χ0v) is 13.9. The molecule has 0 saturated carbocycles. The van der Waals surface area contributed by atoms with Gasteiger partial charge < -0.3 is 14.8 Å². The van der Waals surface area contributed by atoms with Gasteiger partial charge in [0, 0.05) is 22.3 Å². The number of pyridine rings is 1. The summed E-state index contributed by atoms with van der Waals surface area (Å²) in [5, 5.41) is 2.94. The number of nitrogens with zero attached hydrogens (tertiary/aromatic N) is 1. The average molecular weight is 399 g/mol. The van der Waals surface area contributed by atoms with Gasteiger partial charge >= 0.3 is 6.61 Å². The van der Waals surface area contributed by atoms with E-state index in [1.807, 2.05) is 24.3 Å². The molecule has 2 heterocycles. The normalized spacial score (nSPS) is 20.8. The number of aromatic nitrogens is 1. The number of carbonyl (C=O) groups excluding carboxylic acids is 1. The first-order valence-corrected chi connectivity index (χ1v) is 7.85. The number of halogens is 3. The summed E-state index contributed by atoms with van der Waals surface area (Å²) in [5.41, 5.74) is 0.444. The van der Waals surface area contributed by atoms with E-state index in [2.05, 4.69) is 31.0 Å². The number of carbonyl (C=O) groups is 1. The number of hydrogen-bond acceptors (Lipinski definition) is 4. The van der Waals surface area contributed by atoms with Gasteiger partial charge in [-0.3, -0.25) is 4.79 Å². The van der Waals surface area contributed by atoms with E-state index in [1.165, 1.54) is 12.3 Å². The van der Waals surface area contributed by atoms with Crippen LogP contribution in [0.25, 0.3) is 0 Å². The largest absolute Gasteiger partial charge is 0.417 e. The molecule has 1 saturated heterocycles. The van der Waals surface area contributed by atoms with Crippen LogP contribution in [0.4, 0.5) is 8.78 Å². The van der Waals surface area contributed by atoms with Crippen molar-refractivity contribution in [2.75, 3.05) is 13.2 Å². The molecule has 0 aliphatic carbocycles. The summed E-state index contributed by atoms with van der Waals surface area (Å²) >= 11 is 3.41. The number of rotatable bonds is 4. The summed E-state index contributed by atoms with van der Waals surface area (Å²) in [7, 11) is 0. The average Bonchev–Trinajstić information content (AvgIpc) is 2.55. The van der Waals surface area contributed by atoms with Crippen molar-refractivity contribution in [2.45, 2.75) is 12.2 Å². The van der Waals surface area contributed by atoms with Gasteiger partial charge in [-0.15, -0.1) is 0 Å². The van der Waals surface area contributed by atoms with Crippen LogP contribution in [0.2, 0.25) is 0 Å². The zero-order valence-electron chi connectivity index (χ0n) is 12.3. The van der Waals surface area contributed by atoms with E-state index < -0.39 is 12.2 Å². The van der Waals surface area contributed by atoms with Gasteiger partial charge in [-0.2, -0.15) is 8.78 Å². The highest BCUT2D eigenvalue weighted by Crippen LogP contribution is 2.33. The molecule has 1 atom stereocenters. The molecule has 5 nitrogen and oxygen atoms in total. The number of morpholine rings is 1. The Morgan fingerprint density at radius 3 is 2.75 bits per heavy atom. The highest BCUT2D eigenvalue weighted by atomic mass is 79.9. The molecule has 0 bridgehead atoms. The smallest absolute Gasteiger partial charge is 0.388 e. The first-order valence-electron chi connectivity index (χ1n) is 7.06. The first-order chi connectivity index (χ1) is 11.5. The summed E-state index contributed by atoms with van der Waals surface area (Å²) in [6.07, 6.45) is 1.40. The molecule has 8 heteroatoms. The number of amides is 1. The van der Waals surface area contributed by atoms with Gasteiger partial charge in [0.1, 0.15) is 12.1 Å². The topological polar surface area (TPSA) is 60.5 Å². The number of alkyl halides is 2. The fourth-order valence-electron chi connectivity index (χ4n) is 2.63. The van der Waals surface area contributed by atoms with Gasteiger partial charge in [0.15, 0.2) is 0 Å². The summed E-state index contributed by atoms with van der Waals surface area (Å²) in [5.74, 6) is -0.463. The van der Waals surface area contributed by atoms with Gasteiger partial charge in [-0.1, -0.05) is 28.1 Å². The second kappa shape index (κ2) is 6.82. The minimum Gasteiger partial charge on any atom is -0.417 e. The van der Waals surface area contributed by atoms with E-state index in [-0.39, 0.29) is 25.0 Å². The van der Waals surface area contributed by atoms with Crippen LogP contribution in [-0.4, -0.2) is 30.7 Å². The van der Waals surface area contributed by atoms with Crippen LogP contribution in [0.3, 0.4) is 0 Å². The van der Waals surface area contributed by atoms with E-state index in [9.17, 15) is 13.6 Å². The van der Waals surface area contributed by atoms with Crippen LogP contribution in [0.1, 0.15) is 11.1 Å². The van der Waals surface area contributed by atoms with Gasteiger partial charge in [0.2, 0.25) is 11.8 Å². The van der Waals surface area contributed by atoms with Crippen LogP contribution < -0.4 is 10.1 Å². The lowest BCUT2D eigenvalue weighted by Crippen LogP contribution is -2.55. The number of nitrogens with one attached hydrogen (secondary N) is 1. The molecule has 2 aromatic rings.